The molecule has 24 heavy (non-hydrogen) atoms. The van der Waals surface area contributed by atoms with E-state index in [4.69, 9.17) is 4.74 Å². The highest BCUT2D eigenvalue weighted by atomic mass is 127. The number of methoxy groups -OCH3 is 1. The zero-order chi connectivity index (χ0) is 17.9. The lowest BCUT2D eigenvalue weighted by Gasteiger charge is -2.23. The normalized spacial score (nSPS) is 11.2. The summed E-state index contributed by atoms with van der Waals surface area (Å²) in [5.41, 5.74) is 1.49. The number of sulfonamides is 1. The second-order valence-corrected chi connectivity index (χ2v) is 8.22. The van der Waals surface area contributed by atoms with E-state index in [1.54, 1.807) is 32.0 Å². The largest absolute Gasteiger partial charge is 0.465 e. The minimum atomic E-state index is -3.77. The average Bonchev–Trinajstić information content (AvgIpc) is 2.56. The molecule has 0 aliphatic rings. The molecule has 0 atom stereocenters. The number of esters is 1. The van der Waals surface area contributed by atoms with Crippen LogP contribution >= 0.6 is 22.6 Å². The molecule has 2 aromatic rings. The van der Waals surface area contributed by atoms with Crippen molar-refractivity contribution in [3.05, 3.63) is 57.2 Å². The maximum atomic E-state index is 13.0. The summed E-state index contributed by atoms with van der Waals surface area (Å²) in [6.07, 6.45) is 0. The first-order valence-corrected chi connectivity index (χ1v) is 9.80. The molecule has 0 unspecified atom stereocenters. The smallest absolute Gasteiger partial charge is 0.338 e. The molecule has 128 valence electrons. The second kappa shape index (κ2) is 7.52. The number of carbonyl (C=O) groups excluding carboxylic acids is 1. The molecule has 0 aliphatic heterocycles. The fourth-order valence-corrected chi connectivity index (χ4v) is 4.18. The van der Waals surface area contributed by atoms with Gasteiger partial charge < -0.3 is 4.74 Å². The van der Waals surface area contributed by atoms with Crippen LogP contribution in [0.25, 0.3) is 0 Å². The van der Waals surface area contributed by atoms with E-state index in [2.05, 4.69) is 22.6 Å². The fourth-order valence-electron chi connectivity index (χ4n) is 2.32. The lowest BCUT2D eigenvalue weighted by Crippen LogP contribution is -2.31. The molecule has 0 aliphatic carbocycles. The minimum Gasteiger partial charge on any atom is -0.465 e. The quantitative estimate of drug-likeness (QED) is 0.507. The highest BCUT2D eigenvalue weighted by molar-refractivity contribution is 14.1. The Morgan fingerprint density at radius 2 is 1.79 bits per heavy atom. The molecule has 2 aromatic carbocycles. The van der Waals surface area contributed by atoms with Gasteiger partial charge in [-0.15, -0.1) is 0 Å². The van der Waals surface area contributed by atoms with Crippen LogP contribution in [0.1, 0.15) is 22.8 Å². The van der Waals surface area contributed by atoms with Gasteiger partial charge in [-0.1, -0.05) is 6.07 Å². The van der Waals surface area contributed by atoms with Gasteiger partial charge in [0.05, 0.1) is 23.3 Å². The number of carbonyl (C=O) groups is 1. The minimum absolute atomic E-state index is 0.0638. The Kier molecular flexibility index (Phi) is 5.87. The number of anilines is 1. The zero-order valence-electron chi connectivity index (χ0n) is 13.6. The molecule has 0 aromatic heterocycles. The Morgan fingerprint density at radius 1 is 1.17 bits per heavy atom. The summed E-state index contributed by atoms with van der Waals surface area (Å²) in [6.45, 7) is 3.79. The van der Waals surface area contributed by atoms with Gasteiger partial charge in [0.2, 0.25) is 0 Å². The SMILES string of the molecule is CCN(c1ccc(I)cc1)S(=O)(=O)c1ccc(C)c(C(=O)OC)c1. The fraction of sp³-hybridized carbons (Fsp3) is 0.235. The van der Waals surface area contributed by atoms with Gasteiger partial charge >= 0.3 is 5.97 Å². The Labute approximate surface area is 155 Å². The van der Waals surface area contributed by atoms with Crippen molar-refractivity contribution >= 4 is 44.3 Å². The van der Waals surface area contributed by atoms with Gasteiger partial charge in [0.25, 0.3) is 10.0 Å². The topological polar surface area (TPSA) is 63.7 Å². The van der Waals surface area contributed by atoms with Crippen LogP contribution in [-0.2, 0) is 14.8 Å². The molecule has 0 saturated heterocycles. The summed E-state index contributed by atoms with van der Waals surface area (Å²) >= 11 is 2.16. The molecule has 0 spiro atoms. The standard InChI is InChI=1S/C17H18INO4S/c1-4-19(14-8-6-13(18)7-9-14)24(21,22)15-10-5-12(2)16(11-15)17(20)23-3/h5-11H,4H2,1-3H3. The van der Waals surface area contributed by atoms with Crippen LogP contribution in [-0.4, -0.2) is 28.0 Å². The van der Waals surface area contributed by atoms with Crippen molar-refractivity contribution in [1.29, 1.82) is 0 Å². The van der Waals surface area contributed by atoms with Gasteiger partial charge in [0.15, 0.2) is 0 Å². The van der Waals surface area contributed by atoms with Crippen LogP contribution in [0.15, 0.2) is 47.4 Å². The molecule has 0 radical (unpaired) electrons. The van der Waals surface area contributed by atoms with Crippen molar-refractivity contribution in [3.63, 3.8) is 0 Å². The van der Waals surface area contributed by atoms with E-state index in [0.29, 0.717) is 11.3 Å². The van der Waals surface area contributed by atoms with Crippen molar-refractivity contribution in [2.24, 2.45) is 0 Å². The first-order valence-electron chi connectivity index (χ1n) is 7.28. The van der Waals surface area contributed by atoms with Crippen LogP contribution in [0.3, 0.4) is 0 Å². The number of nitrogens with zero attached hydrogens (tertiary/aromatic N) is 1. The Bertz CT molecular complexity index is 847. The monoisotopic (exact) mass is 459 g/mol. The number of hydrogen-bond donors (Lipinski definition) is 0. The van der Waals surface area contributed by atoms with Gasteiger partial charge in [0, 0.05) is 10.1 Å². The Balaban J connectivity index is 2.52. The van der Waals surface area contributed by atoms with Crippen LogP contribution in [0.2, 0.25) is 0 Å². The maximum Gasteiger partial charge on any atom is 0.338 e. The van der Waals surface area contributed by atoms with Gasteiger partial charge in [-0.05, 0) is 78.4 Å². The van der Waals surface area contributed by atoms with Crippen LogP contribution in [0.4, 0.5) is 5.69 Å². The van der Waals surface area contributed by atoms with Crippen molar-refractivity contribution in [1.82, 2.24) is 0 Å². The van der Waals surface area contributed by atoms with Gasteiger partial charge in [-0.3, -0.25) is 4.31 Å². The average molecular weight is 459 g/mol. The van der Waals surface area contributed by atoms with E-state index in [1.807, 2.05) is 12.1 Å². The van der Waals surface area contributed by atoms with Crippen molar-refractivity contribution < 1.29 is 17.9 Å². The summed E-state index contributed by atoms with van der Waals surface area (Å²) in [4.78, 5) is 11.9. The molecular weight excluding hydrogens is 441 g/mol. The third-order valence-corrected chi connectivity index (χ3v) is 6.22. The van der Waals surface area contributed by atoms with E-state index in [1.165, 1.54) is 23.5 Å². The van der Waals surface area contributed by atoms with Gasteiger partial charge in [0.1, 0.15) is 0 Å². The first kappa shape index (κ1) is 18.7. The molecular formula is C17H18INO4S. The predicted octanol–water partition coefficient (Wildman–Crippen LogP) is 3.60. The first-order chi connectivity index (χ1) is 11.3. The van der Waals surface area contributed by atoms with Crippen molar-refractivity contribution in [2.75, 3.05) is 18.0 Å². The molecule has 5 nitrogen and oxygen atoms in total. The van der Waals surface area contributed by atoms with E-state index >= 15 is 0 Å². The number of ether oxygens (including phenoxy) is 1. The summed E-state index contributed by atoms with van der Waals surface area (Å²) in [5.74, 6) is -0.554. The molecule has 2 rings (SSSR count). The lowest BCUT2D eigenvalue weighted by atomic mass is 10.1. The molecule has 0 heterocycles. The van der Waals surface area contributed by atoms with Crippen molar-refractivity contribution in [3.8, 4) is 0 Å². The third kappa shape index (κ3) is 3.72. The number of halogens is 1. The predicted molar refractivity (Wildman–Crippen MR) is 102 cm³/mol. The number of aryl methyl sites for hydroxylation is 1. The summed E-state index contributed by atoms with van der Waals surface area (Å²) in [6, 6.07) is 11.7. The molecule has 7 heteroatoms. The van der Waals surface area contributed by atoms with E-state index < -0.39 is 16.0 Å². The molecule has 0 saturated carbocycles. The molecule has 0 amide bonds. The highest BCUT2D eigenvalue weighted by Crippen LogP contribution is 2.26. The van der Waals surface area contributed by atoms with Crippen LogP contribution < -0.4 is 4.31 Å². The van der Waals surface area contributed by atoms with Crippen LogP contribution in [0.5, 0.6) is 0 Å². The number of benzene rings is 2. The summed E-state index contributed by atoms with van der Waals surface area (Å²) < 4.78 is 33.0. The molecule has 0 N–H and O–H groups in total. The van der Waals surface area contributed by atoms with E-state index in [0.717, 1.165) is 3.57 Å². The number of rotatable bonds is 5. The van der Waals surface area contributed by atoms with E-state index in [9.17, 15) is 13.2 Å². The summed E-state index contributed by atoms with van der Waals surface area (Å²) in [7, 11) is -2.50. The maximum absolute atomic E-state index is 13.0. The van der Waals surface area contributed by atoms with Crippen molar-refractivity contribution in [2.45, 2.75) is 18.7 Å². The summed E-state index contributed by atoms with van der Waals surface area (Å²) in [5, 5.41) is 0. The van der Waals surface area contributed by atoms with Gasteiger partial charge in [-0.2, -0.15) is 0 Å². The Morgan fingerprint density at radius 3 is 2.33 bits per heavy atom. The third-order valence-electron chi connectivity index (χ3n) is 3.60. The van der Waals surface area contributed by atoms with Gasteiger partial charge in [-0.25, -0.2) is 13.2 Å². The second-order valence-electron chi connectivity index (χ2n) is 5.11. The zero-order valence-corrected chi connectivity index (χ0v) is 16.6. The molecule has 0 bridgehead atoms. The lowest BCUT2D eigenvalue weighted by molar-refractivity contribution is 0.0599. The highest BCUT2D eigenvalue weighted by Gasteiger charge is 2.25. The Hall–Kier alpha value is -1.61. The van der Waals surface area contributed by atoms with E-state index in [-0.39, 0.29) is 17.0 Å². The molecule has 0 fully saturated rings. The van der Waals surface area contributed by atoms with Crippen LogP contribution in [0, 0.1) is 10.5 Å². The number of hydrogen-bond acceptors (Lipinski definition) is 4.